The van der Waals surface area contributed by atoms with Gasteiger partial charge in [-0.2, -0.15) is 4.98 Å². The number of carbonyl (C=O) groups is 1. The number of ether oxygens (including phenoxy) is 2. The monoisotopic (exact) mass is 280 g/mol. The van der Waals surface area contributed by atoms with E-state index in [1.165, 1.54) is 4.90 Å². The molecule has 1 N–H and O–H groups in total. The molecule has 1 aromatic heterocycles. The standard InChI is InChI=1S/C14H20N2O4/c1-9(2)10(3)20-12-5-4-11-8-16(14(17)18)6-7-19-13(11)15-12/h4-5,9-10H,6-8H2,1-3H3,(H,17,18). The van der Waals surface area contributed by atoms with Gasteiger partial charge in [0.2, 0.25) is 11.8 Å². The van der Waals surface area contributed by atoms with Crippen molar-refractivity contribution in [1.82, 2.24) is 9.88 Å². The van der Waals surface area contributed by atoms with E-state index in [1.54, 1.807) is 6.07 Å². The first kappa shape index (κ1) is 14.4. The number of rotatable bonds is 3. The van der Waals surface area contributed by atoms with Crippen LogP contribution in [0.1, 0.15) is 26.3 Å². The highest BCUT2D eigenvalue weighted by atomic mass is 16.5. The quantitative estimate of drug-likeness (QED) is 0.920. The van der Waals surface area contributed by atoms with Crippen LogP contribution < -0.4 is 9.47 Å². The Hall–Kier alpha value is -1.98. The van der Waals surface area contributed by atoms with Gasteiger partial charge in [-0.3, -0.25) is 0 Å². The molecule has 1 aliphatic rings. The smallest absolute Gasteiger partial charge is 0.407 e. The van der Waals surface area contributed by atoms with Crippen LogP contribution in [0.25, 0.3) is 0 Å². The molecule has 0 aromatic carbocycles. The molecule has 110 valence electrons. The molecular formula is C14H20N2O4. The van der Waals surface area contributed by atoms with Crippen molar-refractivity contribution in [2.45, 2.75) is 33.4 Å². The van der Waals surface area contributed by atoms with Gasteiger partial charge in [0.1, 0.15) is 6.61 Å². The van der Waals surface area contributed by atoms with E-state index in [-0.39, 0.29) is 12.6 Å². The summed E-state index contributed by atoms with van der Waals surface area (Å²) < 4.78 is 11.3. The fourth-order valence-corrected chi connectivity index (χ4v) is 1.79. The van der Waals surface area contributed by atoms with E-state index in [0.29, 0.717) is 30.8 Å². The van der Waals surface area contributed by atoms with Crippen LogP contribution in [0, 0.1) is 5.92 Å². The van der Waals surface area contributed by atoms with Gasteiger partial charge in [0, 0.05) is 11.6 Å². The van der Waals surface area contributed by atoms with Crippen LogP contribution in [-0.4, -0.2) is 40.3 Å². The van der Waals surface area contributed by atoms with E-state index in [1.807, 2.05) is 13.0 Å². The molecule has 2 heterocycles. The minimum absolute atomic E-state index is 0.0573. The molecular weight excluding hydrogens is 260 g/mol. The number of carboxylic acid groups (broad SMARTS) is 1. The Bertz CT molecular complexity index is 490. The van der Waals surface area contributed by atoms with Crippen LogP contribution in [0.4, 0.5) is 4.79 Å². The van der Waals surface area contributed by atoms with Gasteiger partial charge in [0.15, 0.2) is 0 Å². The molecule has 1 amide bonds. The SMILES string of the molecule is CC(C)C(C)Oc1ccc2c(n1)OCCN(C(=O)O)C2. The third-order valence-electron chi connectivity index (χ3n) is 3.39. The third-order valence-corrected chi connectivity index (χ3v) is 3.39. The fraction of sp³-hybridized carbons (Fsp3) is 0.571. The highest BCUT2D eigenvalue weighted by Gasteiger charge is 2.21. The fourth-order valence-electron chi connectivity index (χ4n) is 1.79. The molecule has 1 aromatic rings. The van der Waals surface area contributed by atoms with Crippen molar-refractivity contribution in [3.8, 4) is 11.8 Å². The summed E-state index contributed by atoms with van der Waals surface area (Å²) in [7, 11) is 0. The molecule has 0 fully saturated rings. The number of hydrogen-bond donors (Lipinski definition) is 1. The van der Waals surface area contributed by atoms with Crippen molar-refractivity contribution in [3.63, 3.8) is 0 Å². The highest BCUT2D eigenvalue weighted by Crippen LogP contribution is 2.25. The van der Waals surface area contributed by atoms with Crippen LogP contribution >= 0.6 is 0 Å². The second-order valence-electron chi connectivity index (χ2n) is 5.23. The van der Waals surface area contributed by atoms with E-state index in [2.05, 4.69) is 18.8 Å². The molecule has 20 heavy (non-hydrogen) atoms. The average molecular weight is 280 g/mol. The summed E-state index contributed by atoms with van der Waals surface area (Å²) >= 11 is 0. The van der Waals surface area contributed by atoms with Gasteiger partial charge in [-0.05, 0) is 18.9 Å². The maximum atomic E-state index is 11.0. The summed E-state index contributed by atoms with van der Waals surface area (Å²) in [6.45, 7) is 7.08. The van der Waals surface area contributed by atoms with Gasteiger partial charge in [-0.15, -0.1) is 0 Å². The van der Waals surface area contributed by atoms with E-state index >= 15 is 0 Å². The molecule has 0 saturated heterocycles. The molecule has 0 aliphatic carbocycles. The average Bonchev–Trinajstić information content (AvgIpc) is 2.60. The zero-order valence-corrected chi connectivity index (χ0v) is 12.0. The lowest BCUT2D eigenvalue weighted by atomic mass is 10.1. The predicted molar refractivity (Wildman–Crippen MR) is 73.1 cm³/mol. The van der Waals surface area contributed by atoms with E-state index in [4.69, 9.17) is 14.6 Å². The molecule has 1 aliphatic heterocycles. The van der Waals surface area contributed by atoms with E-state index < -0.39 is 6.09 Å². The number of fused-ring (bicyclic) bond motifs is 1. The Balaban J connectivity index is 2.15. The normalized spacial score (nSPS) is 16.1. The van der Waals surface area contributed by atoms with Gasteiger partial charge in [-0.1, -0.05) is 13.8 Å². The topological polar surface area (TPSA) is 71.9 Å². The van der Waals surface area contributed by atoms with Crippen molar-refractivity contribution >= 4 is 6.09 Å². The molecule has 2 rings (SSSR count). The number of amides is 1. The zero-order chi connectivity index (χ0) is 14.7. The summed E-state index contributed by atoms with van der Waals surface area (Å²) in [6.07, 6.45) is -0.892. The number of hydrogen-bond acceptors (Lipinski definition) is 4. The summed E-state index contributed by atoms with van der Waals surface area (Å²) in [4.78, 5) is 16.7. The molecule has 6 nitrogen and oxygen atoms in total. The predicted octanol–water partition coefficient (Wildman–Crippen LogP) is 2.38. The van der Waals surface area contributed by atoms with Crippen LogP contribution in [0.2, 0.25) is 0 Å². The van der Waals surface area contributed by atoms with Crippen LogP contribution in [-0.2, 0) is 6.54 Å². The van der Waals surface area contributed by atoms with Crippen molar-refractivity contribution in [3.05, 3.63) is 17.7 Å². The maximum Gasteiger partial charge on any atom is 0.407 e. The molecule has 1 unspecified atom stereocenters. The van der Waals surface area contributed by atoms with Gasteiger partial charge >= 0.3 is 6.09 Å². The van der Waals surface area contributed by atoms with Crippen molar-refractivity contribution < 1.29 is 19.4 Å². The molecule has 0 radical (unpaired) electrons. The summed E-state index contributed by atoms with van der Waals surface area (Å²) in [5, 5.41) is 9.05. The lowest BCUT2D eigenvalue weighted by Gasteiger charge is -2.18. The first-order valence-corrected chi connectivity index (χ1v) is 6.74. The Morgan fingerprint density at radius 2 is 2.20 bits per heavy atom. The minimum atomic E-state index is -0.949. The van der Waals surface area contributed by atoms with Gasteiger partial charge in [0.25, 0.3) is 0 Å². The third kappa shape index (κ3) is 3.31. The lowest BCUT2D eigenvalue weighted by Crippen LogP contribution is -2.30. The Morgan fingerprint density at radius 1 is 1.45 bits per heavy atom. The maximum absolute atomic E-state index is 11.0. The number of nitrogens with zero attached hydrogens (tertiary/aromatic N) is 2. The van der Waals surface area contributed by atoms with E-state index in [9.17, 15) is 4.79 Å². The minimum Gasteiger partial charge on any atom is -0.475 e. The second kappa shape index (κ2) is 5.98. The van der Waals surface area contributed by atoms with Crippen LogP contribution in [0.5, 0.6) is 11.8 Å². The molecule has 1 atom stereocenters. The molecule has 0 bridgehead atoms. The van der Waals surface area contributed by atoms with E-state index in [0.717, 1.165) is 5.56 Å². The number of pyridine rings is 1. The largest absolute Gasteiger partial charge is 0.475 e. The Labute approximate surface area is 118 Å². The first-order chi connectivity index (χ1) is 9.47. The lowest BCUT2D eigenvalue weighted by molar-refractivity contribution is 0.137. The van der Waals surface area contributed by atoms with Crippen molar-refractivity contribution in [1.29, 1.82) is 0 Å². The Morgan fingerprint density at radius 3 is 2.85 bits per heavy atom. The van der Waals surface area contributed by atoms with Crippen LogP contribution in [0.15, 0.2) is 12.1 Å². The molecule has 6 heteroatoms. The van der Waals surface area contributed by atoms with Crippen molar-refractivity contribution in [2.75, 3.05) is 13.2 Å². The molecule has 0 saturated carbocycles. The second-order valence-corrected chi connectivity index (χ2v) is 5.23. The summed E-state index contributed by atoms with van der Waals surface area (Å²) in [5.41, 5.74) is 0.759. The zero-order valence-electron chi connectivity index (χ0n) is 12.0. The van der Waals surface area contributed by atoms with Gasteiger partial charge < -0.3 is 19.5 Å². The van der Waals surface area contributed by atoms with Crippen molar-refractivity contribution in [2.24, 2.45) is 5.92 Å². The number of aromatic nitrogens is 1. The van der Waals surface area contributed by atoms with Gasteiger partial charge in [-0.25, -0.2) is 4.79 Å². The summed E-state index contributed by atoms with van der Waals surface area (Å²) in [5.74, 6) is 1.36. The summed E-state index contributed by atoms with van der Waals surface area (Å²) in [6, 6.07) is 3.57. The first-order valence-electron chi connectivity index (χ1n) is 6.74. The molecule has 0 spiro atoms. The van der Waals surface area contributed by atoms with Crippen LogP contribution in [0.3, 0.4) is 0 Å². The Kier molecular flexibility index (Phi) is 4.32. The highest BCUT2D eigenvalue weighted by molar-refractivity contribution is 5.65. The van der Waals surface area contributed by atoms with Gasteiger partial charge in [0.05, 0.1) is 19.2 Å².